The molecule has 1 aromatic heterocycles. The van der Waals surface area contributed by atoms with Gasteiger partial charge in [-0.05, 0) is 30.2 Å². The van der Waals surface area contributed by atoms with Gasteiger partial charge in [-0.25, -0.2) is 4.98 Å². The molecule has 4 nitrogen and oxygen atoms in total. The van der Waals surface area contributed by atoms with Gasteiger partial charge in [0, 0.05) is 11.4 Å². The second-order valence-corrected chi connectivity index (χ2v) is 8.20. The van der Waals surface area contributed by atoms with E-state index in [1.165, 1.54) is 17.3 Å². The van der Waals surface area contributed by atoms with Crippen molar-refractivity contribution in [2.75, 3.05) is 0 Å². The van der Waals surface area contributed by atoms with Gasteiger partial charge in [-0.15, -0.1) is 0 Å². The highest BCUT2D eigenvalue weighted by Gasteiger charge is 2.34. The van der Waals surface area contributed by atoms with E-state index in [4.69, 9.17) is 16.3 Å². The van der Waals surface area contributed by atoms with Crippen LogP contribution in [-0.2, 0) is 16.1 Å². The van der Waals surface area contributed by atoms with Crippen LogP contribution in [0.25, 0.3) is 11.3 Å². The van der Waals surface area contributed by atoms with E-state index < -0.39 is 0 Å². The van der Waals surface area contributed by atoms with Gasteiger partial charge in [-0.3, -0.25) is 4.79 Å². The number of benzene rings is 2. The Morgan fingerprint density at radius 2 is 1.93 bits per heavy atom. The normalized spacial score (nSPS) is 19.3. The third-order valence-corrected chi connectivity index (χ3v) is 5.97. The zero-order valence-electron chi connectivity index (χ0n) is 14.8. The van der Waals surface area contributed by atoms with Crippen LogP contribution >= 0.6 is 23.4 Å². The maximum Gasteiger partial charge on any atom is 0.319 e. The molecule has 138 valence electrons. The van der Waals surface area contributed by atoms with Crippen molar-refractivity contribution < 1.29 is 9.53 Å². The average molecular weight is 399 g/mol. The zero-order chi connectivity index (χ0) is 18.8. The Labute approximate surface area is 167 Å². The smallest absolute Gasteiger partial charge is 0.319 e. The number of carbonyl (C=O) groups is 1. The van der Waals surface area contributed by atoms with Crippen molar-refractivity contribution in [1.29, 1.82) is 0 Å². The van der Waals surface area contributed by atoms with E-state index in [2.05, 4.69) is 21.7 Å². The van der Waals surface area contributed by atoms with E-state index in [9.17, 15) is 4.79 Å². The number of imidazole rings is 1. The first-order valence-corrected chi connectivity index (χ1v) is 10.1. The molecule has 0 aliphatic carbocycles. The summed E-state index contributed by atoms with van der Waals surface area (Å²) in [5.41, 5.74) is 3.21. The predicted molar refractivity (Wildman–Crippen MR) is 108 cm³/mol. The van der Waals surface area contributed by atoms with Crippen LogP contribution < -0.4 is 0 Å². The van der Waals surface area contributed by atoms with Crippen LogP contribution in [0.2, 0.25) is 5.02 Å². The van der Waals surface area contributed by atoms with Crippen LogP contribution in [0, 0.1) is 0 Å². The number of carbonyl (C=O) groups excluding carboxylic acids is 1. The molecular weight excluding hydrogens is 380 g/mol. The van der Waals surface area contributed by atoms with Crippen molar-refractivity contribution >= 4 is 29.3 Å². The first kappa shape index (κ1) is 18.1. The molecule has 3 aromatic rings. The van der Waals surface area contributed by atoms with Crippen LogP contribution in [0.5, 0.6) is 0 Å². The highest BCUT2D eigenvalue weighted by atomic mass is 35.5. The Kier molecular flexibility index (Phi) is 5.23. The third kappa shape index (κ3) is 4.04. The number of halogens is 1. The van der Waals surface area contributed by atoms with Gasteiger partial charge >= 0.3 is 5.97 Å². The second-order valence-electron chi connectivity index (χ2n) is 6.59. The van der Waals surface area contributed by atoms with Gasteiger partial charge < -0.3 is 9.30 Å². The van der Waals surface area contributed by atoms with Gasteiger partial charge in [-0.1, -0.05) is 65.8 Å². The summed E-state index contributed by atoms with van der Waals surface area (Å²) in [4.78, 5) is 16.7. The quantitative estimate of drug-likeness (QED) is 0.564. The van der Waals surface area contributed by atoms with Crippen molar-refractivity contribution in [2.45, 2.75) is 36.4 Å². The Morgan fingerprint density at radius 1 is 1.19 bits per heavy atom. The first-order chi connectivity index (χ1) is 13.1. The van der Waals surface area contributed by atoms with Crippen molar-refractivity contribution in [1.82, 2.24) is 9.55 Å². The van der Waals surface area contributed by atoms with E-state index in [1.54, 1.807) is 0 Å². The Hall–Kier alpha value is -2.24. The minimum atomic E-state index is -0.213. The fourth-order valence-corrected chi connectivity index (χ4v) is 4.47. The summed E-state index contributed by atoms with van der Waals surface area (Å²) in [5, 5.41) is 1.31. The van der Waals surface area contributed by atoms with Crippen LogP contribution in [0.3, 0.4) is 0 Å². The number of aromatic nitrogens is 2. The molecule has 2 heterocycles. The topological polar surface area (TPSA) is 44.1 Å². The summed E-state index contributed by atoms with van der Waals surface area (Å²) in [7, 11) is 0. The van der Waals surface area contributed by atoms with Crippen molar-refractivity contribution in [2.24, 2.45) is 0 Å². The van der Waals surface area contributed by atoms with Crippen LogP contribution in [0.15, 0.2) is 66.0 Å². The molecule has 6 heteroatoms. The summed E-state index contributed by atoms with van der Waals surface area (Å²) in [6.45, 7) is 2.60. The molecule has 1 fully saturated rings. The van der Waals surface area contributed by atoms with E-state index in [0.717, 1.165) is 16.4 Å². The lowest BCUT2D eigenvalue weighted by molar-refractivity contribution is -0.140. The summed E-state index contributed by atoms with van der Waals surface area (Å²) >= 11 is 7.52. The molecule has 4 rings (SSSR count). The molecule has 27 heavy (non-hydrogen) atoms. The highest BCUT2D eigenvalue weighted by Crippen LogP contribution is 2.34. The largest absolute Gasteiger partial charge is 0.462 e. The third-order valence-electron chi connectivity index (χ3n) is 4.52. The number of thioether (sulfide) groups is 1. The van der Waals surface area contributed by atoms with Gasteiger partial charge in [0.05, 0.1) is 18.4 Å². The molecule has 1 aliphatic heterocycles. The standard InChI is InChI=1S/C21H19ClN2O2S/c1-14-11-19(20(25)26-14)27-21-23-12-18(16-7-9-17(22)10-8-16)24(21)13-15-5-3-2-4-6-15/h2-10,12,14,19H,11,13H2,1H3/t14-,19+/m0/s1. The molecule has 0 unspecified atom stereocenters. The van der Waals surface area contributed by atoms with Crippen LogP contribution in [0.4, 0.5) is 0 Å². The minimum Gasteiger partial charge on any atom is -0.462 e. The van der Waals surface area contributed by atoms with Gasteiger partial charge in [-0.2, -0.15) is 0 Å². The van der Waals surface area contributed by atoms with E-state index in [-0.39, 0.29) is 17.3 Å². The van der Waals surface area contributed by atoms with Gasteiger partial charge in [0.2, 0.25) is 0 Å². The number of hydrogen-bond acceptors (Lipinski definition) is 4. The van der Waals surface area contributed by atoms with Gasteiger partial charge in [0.15, 0.2) is 5.16 Å². The molecule has 0 spiro atoms. The maximum absolute atomic E-state index is 12.1. The highest BCUT2D eigenvalue weighted by molar-refractivity contribution is 8.00. The number of cyclic esters (lactones) is 1. The molecule has 2 atom stereocenters. The van der Waals surface area contributed by atoms with Gasteiger partial charge in [0.1, 0.15) is 11.4 Å². The first-order valence-electron chi connectivity index (χ1n) is 8.82. The molecule has 0 amide bonds. The average Bonchev–Trinajstić information content (AvgIpc) is 3.20. The van der Waals surface area contributed by atoms with Crippen LogP contribution in [-0.4, -0.2) is 26.9 Å². The summed E-state index contributed by atoms with van der Waals surface area (Å²) in [6, 6.07) is 18.0. The molecule has 2 aromatic carbocycles. The Balaban J connectivity index is 1.70. The lowest BCUT2D eigenvalue weighted by Crippen LogP contribution is -2.12. The maximum atomic E-state index is 12.1. The molecule has 0 bridgehead atoms. The Bertz CT molecular complexity index is 941. The van der Waals surface area contributed by atoms with Crippen molar-refractivity contribution in [3.8, 4) is 11.3 Å². The number of ether oxygens (including phenoxy) is 1. The lowest BCUT2D eigenvalue weighted by Gasteiger charge is -2.13. The van der Waals surface area contributed by atoms with E-state index >= 15 is 0 Å². The number of hydrogen-bond donors (Lipinski definition) is 0. The molecule has 0 N–H and O–H groups in total. The van der Waals surface area contributed by atoms with E-state index in [1.807, 2.05) is 55.6 Å². The Morgan fingerprint density at radius 3 is 2.59 bits per heavy atom. The monoisotopic (exact) mass is 398 g/mol. The molecule has 1 aliphatic rings. The fourth-order valence-electron chi connectivity index (χ4n) is 3.17. The second kappa shape index (κ2) is 7.79. The number of rotatable bonds is 5. The summed E-state index contributed by atoms with van der Waals surface area (Å²) in [6.07, 6.45) is 2.53. The zero-order valence-corrected chi connectivity index (χ0v) is 16.4. The minimum absolute atomic E-state index is 0.0386. The molecular formula is C21H19ClN2O2S. The van der Waals surface area contributed by atoms with Crippen molar-refractivity contribution in [3.05, 3.63) is 71.4 Å². The number of nitrogens with zero attached hydrogens (tertiary/aromatic N) is 2. The summed E-state index contributed by atoms with van der Waals surface area (Å²) < 4.78 is 7.45. The van der Waals surface area contributed by atoms with Gasteiger partial charge in [0.25, 0.3) is 0 Å². The lowest BCUT2D eigenvalue weighted by atomic mass is 10.1. The summed E-state index contributed by atoms with van der Waals surface area (Å²) in [5.74, 6) is -0.158. The predicted octanol–water partition coefficient (Wildman–Crippen LogP) is 5.05. The molecule has 0 radical (unpaired) electrons. The molecule has 0 saturated carbocycles. The number of esters is 1. The van der Waals surface area contributed by atoms with E-state index in [0.29, 0.717) is 18.0 Å². The van der Waals surface area contributed by atoms with Crippen LogP contribution in [0.1, 0.15) is 18.9 Å². The molecule has 1 saturated heterocycles. The fraction of sp³-hybridized carbons (Fsp3) is 0.238. The SMILES string of the molecule is C[C@H]1C[C@@H](Sc2ncc(-c3ccc(Cl)cc3)n2Cc2ccccc2)C(=O)O1. The van der Waals surface area contributed by atoms with Crippen molar-refractivity contribution in [3.63, 3.8) is 0 Å².